The van der Waals surface area contributed by atoms with Crippen molar-refractivity contribution >= 4 is 22.6 Å². The molecule has 14 heavy (non-hydrogen) atoms. The number of hydrogen-bond donors (Lipinski definition) is 0. The molecular weight excluding hydrogens is 194 g/mol. The molecule has 76 valence electrons. The summed E-state index contributed by atoms with van der Waals surface area (Å²) >= 11 is 1.61. The summed E-state index contributed by atoms with van der Waals surface area (Å²) in [7, 11) is 0. The van der Waals surface area contributed by atoms with Gasteiger partial charge in [0.05, 0.1) is 9.88 Å². The van der Waals surface area contributed by atoms with Gasteiger partial charge in [0.1, 0.15) is 0 Å². The van der Waals surface area contributed by atoms with Crippen LogP contribution in [0, 0.1) is 0 Å². The highest BCUT2D eigenvalue weighted by Crippen LogP contribution is 2.35. The number of anilines is 1. The van der Waals surface area contributed by atoms with E-state index in [-0.39, 0.29) is 0 Å². The van der Waals surface area contributed by atoms with Gasteiger partial charge in [0.2, 0.25) is 0 Å². The predicted octanol–water partition coefficient (Wildman–Crippen LogP) is 2.94. The van der Waals surface area contributed by atoms with E-state index >= 15 is 0 Å². The van der Waals surface area contributed by atoms with Crippen LogP contribution >= 0.6 is 11.3 Å². The van der Waals surface area contributed by atoms with Gasteiger partial charge in [-0.05, 0) is 31.4 Å². The second-order valence-electron chi connectivity index (χ2n) is 3.72. The monoisotopic (exact) mass is 209 g/mol. The molecule has 0 aromatic carbocycles. The lowest BCUT2D eigenvalue weighted by atomic mass is 10.4. The van der Waals surface area contributed by atoms with Gasteiger partial charge >= 0.3 is 0 Å². The quantitative estimate of drug-likeness (QED) is 0.695. The Morgan fingerprint density at radius 3 is 2.86 bits per heavy atom. The van der Waals surface area contributed by atoms with Crippen LogP contribution in [0.2, 0.25) is 0 Å². The number of aldehydes is 1. The Balaban J connectivity index is 2.12. The molecule has 1 aliphatic rings. The smallest absolute Gasteiger partial charge is 0.160 e. The van der Waals surface area contributed by atoms with E-state index < -0.39 is 0 Å². The first-order chi connectivity index (χ1) is 6.85. The Morgan fingerprint density at radius 1 is 1.57 bits per heavy atom. The van der Waals surface area contributed by atoms with E-state index in [2.05, 4.69) is 17.9 Å². The van der Waals surface area contributed by atoms with Crippen molar-refractivity contribution in [1.82, 2.24) is 0 Å². The van der Waals surface area contributed by atoms with Crippen molar-refractivity contribution in [1.29, 1.82) is 0 Å². The number of thiophene rings is 1. The predicted molar refractivity (Wildman–Crippen MR) is 60.4 cm³/mol. The third-order valence-electron chi connectivity index (χ3n) is 2.46. The van der Waals surface area contributed by atoms with Crippen molar-refractivity contribution in [2.75, 3.05) is 11.4 Å². The van der Waals surface area contributed by atoms with Gasteiger partial charge in [0, 0.05) is 12.6 Å². The van der Waals surface area contributed by atoms with E-state index in [0.717, 1.165) is 23.7 Å². The first-order valence-corrected chi connectivity index (χ1v) is 5.98. The van der Waals surface area contributed by atoms with Gasteiger partial charge in [-0.3, -0.25) is 4.79 Å². The lowest BCUT2D eigenvalue weighted by Crippen LogP contribution is -2.25. The molecule has 2 nitrogen and oxygen atoms in total. The van der Waals surface area contributed by atoms with Crippen molar-refractivity contribution in [3.63, 3.8) is 0 Å². The minimum Gasteiger partial charge on any atom is -0.360 e. The fourth-order valence-electron chi connectivity index (χ4n) is 1.66. The largest absolute Gasteiger partial charge is 0.360 e. The summed E-state index contributed by atoms with van der Waals surface area (Å²) in [6.07, 6.45) is 4.73. The van der Waals surface area contributed by atoms with E-state index in [1.165, 1.54) is 24.3 Å². The van der Waals surface area contributed by atoms with E-state index in [0.29, 0.717) is 0 Å². The molecule has 1 heterocycles. The van der Waals surface area contributed by atoms with Gasteiger partial charge in [0.25, 0.3) is 0 Å². The maximum absolute atomic E-state index is 10.6. The molecule has 1 aliphatic carbocycles. The van der Waals surface area contributed by atoms with Crippen molar-refractivity contribution in [2.45, 2.75) is 32.2 Å². The lowest BCUT2D eigenvalue weighted by molar-refractivity contribution is 0.112. The molecular formula is C11H15NOS. The van der Waals surface area contributed by atoms with Crippen LogP contribution in [-0.2, 0) is 0 Å². The normalized spacial score (nSPS) is 15.5. The van der Waals surface area contributed by atoms with Gasteiger partial charge in [-0.1, -0.05) is 6.92 Å². The van der Waals surface area contributed by atoms with E-state index in [1.54, 1.807) is 11.3 Å². The molecule has 2 rings (SSSR count). The second-order valence-corrected chi connectivity index (χ2v) is 4.81. The number of carbonyl (C=O) groups excluding carboxylic acids is 1. The molecule has 1 fully saturated rings. The summed E-state index contributed by atoms with van der Waals surface area (Å²) in [6.45, 7) is 3.31. The van der Waals surface area contributed by atoms with Gasteiger partial charge in [0.15, 0.2) is 6.29 Å². The minimum absolute atomic E-state index is 0.744. The fourth-order valence-corrected chi connectivity index (χ4v) is 2.58. The van der Waals surface area contributed by atoms with Crippen LogP contribution in [0.1, 0.15) is 35.9 Å². The SMILES string of the molecule is CCCN(c1ccc(C=O)s1)C1CC1. The Labute approximate surface area is 88.5 Å². The van der Waals surface area contributed by atoms with Gasteiger partial charge in [-0.25, -0.2) is 0 Å². The molecule has 3 heteroatoms. The van der Waals surface area contributed by atoms with Crippen LogP contribution in [0.4, 0.5) is 5.00 Å². The summed E-state index contributed by atoms with van der Waals surface area (Å²) in [4.78, 5) is 13.9. The molecule has 0 unspecified atom stereocenters. The van der Waals surface area contributed by atoms with Crippen molar-refractivity contribution in [2.24, 2.45) is 0 Å². The van der Waals surface area contributed by atoms with Crippen LogP contribution in [0.25, 0.3) is 0 Å². The molecule has 1 aromatic rings. The molecule has 0 bridgehead atoms. The Bertz CT molecular complexity index is 317. The topological polar surface area (TPSA) is 20.3 Å². The maximum atomic E-state index is 10.6. The van der Waals surface area contributed by atoms with Crippen LogP contribution < -0.4 is 4.90 Å². The summed E-state index contributed by atoms with van der Waals surface area (Å²) in [6, 6.07) is 4.73. The third kappa shape index (κ3) is 1.98. The average Bonchev–Trinajstić information content (AvgIpc) is 2.92. The highest BCUT2D eigenvalue weighted by Gasteiger charge is 2.29. The van der Waals surface area contributed by atoms with Crippen LogP contribution in [-0.4, -0.2) is 18.9 Å². The Morgan fingerprint density at radius 2 is 2.36 bits per heavy atom. The summed E-state index contributed by atoms with van der Waals surface area (Å²) < 4.78 is 0. The molecule has 0 atom stereocenters. The first kappa shape index (κ1) is 9.71. The number of carbonyl (C=O) groups is 1. The molecule has 0 radical (unpaired) electrons. The molecule has 0 saturated heterocycles. The highest BCUT2D eigenvalue weighted by atomic mass is 32.1. The van der Waals surface area contributed by atoms with E-state index in [9.17, 15) is 4.79 Å². The summed E-state index contributed by atoms with van der Waals surface area (Å²) in [5, 5.41) is 1.26. The van der Waals surface area contributed by atoms with Gasteiger partial charge in [-0.2, -0.15) is 0 Å². The molecule has 0 amide bonds. The Hall–Kier alpha value is -0.830. The van der Waals surface area contributed by atoms with Crippen molar-refractivity contribution < 1.29 is 4.79 Å². The van der Waals surface area contributed by atoms with Gasteiger partial charge < -0.3 is 4.90 Å². The van der Waals surface area contributed by atoms with Gasteiger partial charge in [-0.15, -0.1) is 11.3 Å². The molecule has 1 aromatic heterocycles. The highest BCUT2D eigenvalue weighted by molar-refractivity contribution is 7.17. The van der Waals surface area contributed by atoms with E-state index in [4.69, 9.17) is 0 Å². The zero-order valence-corrected chi connectivity index (χ0v) is 9.22. The van der Waals surface area contributed by atoms with Crippen LogP contribution in [0.3, 0.4) is 0 Å². The van der Waals surface area contributed by atoms with E-state index in [1.807, 2.05) is 6.07 Å². The van der Waals surface area contributed by atoms with Crippen molar-refractivity contribution in [3.8, 4) is 0 Å². The fraction of sp³-hybridized carbons (Fsp3) is 0.545. The summed E-state index contributed by atoms with van der Waals surface area (Å²) in [5.74, 6) is 0. The Kier molecular flexibility index (Phi) is 2.87. The van der Waals surface area contributed by atoms with Crippen LogP contribution in [0.5, 0.6) is 0 Å². The van der Waals surface area contributed by atoms with Crippen molar-refractivity contribution in [3.05, 3.63) is 17.0 Å². The third-order valence-corrected chi connectivity index (χ3v) is 3.51. The minimum atomic E-state index is 0.744. The zero-order valence-electron chi connectivity index (χ0n) is 8.40. The second kappa shape index (κ2) is 4.13. The zero-order chi connectivity index (χ0) is 9.97. The average molecular weight is 209 g/mol. The lowest BCUT2D eigenvalue weighted by Gasteiger charge is -2.21. The molecule has 0 N–H and O–H groups in total. The number of hydrogen-bond acceptors (Lipinski definition) is 3. The molecule has 0 aliphatic heterocycles. The number of nitrogens with zero attached hydrogens (tertiary/aromatic N) is 1. The first-order valence-electron chi connectivity index (χ1n) is 5.16. The molecule has 1 saturated carbocycles. The van der Waals surface area contributed by atoms with Crippen LogP contribution in [0.15, 0.2) is 12.1 Å². The molecule has 0 spiro atoms. The number of rotatable bonds is 5. The maximum Gasteiger partial charge on any atom is 0.160 e. The summed E-state index contributed by atoms with van der Waals surface area (Å²) in [5.41, 5.74) is 0. The standard InChI is InChI=1S/C11H15NOS/c1-2-7-12(9-3-4-9)11-6-5-10(8-13)14-11/h5-6,8-9H,2-4,7H2,1H3.